The molecule has 146 valence electrons. The fourth-order valence-corrected chi connectivity index (χ4v) is 5.05. The number of carbonyl (C=O) groups is 1. The quantitative estimate of drug-likeness (QED) is 0.735. The van der Waals surface area contributed by atoms with Crippen molar-refractivity contribution in [2.45, 2.75) is 32.2 Å². The third-order valence-electron chi connectivity index (χ3n) is 5.55. The lowest BCUT2D eigenvalue weighted by molar-refractivity contribution is 0.100. The molecule has 3 heterocycles. The molecule has 0 radical (unpaired) electrons. The first-order valence-electron chi connectivity index (χ1n) is 9.52. The summed E-state index contributed by atoms with van der Waals surface area (Å²) in [5.74, 6) is 0.255. The van der Waals surface area contributed by atoms with Crippen molar-refractivity contribution in [1.29, 1.82) is 0 Å². The molecular formula is C21H24N4O2S. The van der Waals surface area contributed by atoms with E-state index in [9.17, 15) is 9.59 Å². The Kier molecular flexibility index (Phi) is 5.03. The number of benzene rings is 1. The van der Waals surface area contributed by atoms with Gasteiger partial charge in [0.2, 0.25) is 0 Å². The average Bonchev–Trinajstić information content (AvgIpc) is 3.01. The molecule has 0 saturated carbocycles. The molecule has 7 heteroatoms. The Balaban J connectivity index is 1.90. The minimum atomic E-state index is -0.504. The monoisotopic (exact) mass is 396 g/mol. The van der Waals surface area contributed by atoms with Crippen LogP contribution in [-0.2, 0) is 6.42 Å². The van der Waals surface area contributed by atoms with Gasteiger partial charge in [-0.15, -0.1) is 11.3 Å². The minimum absolute atomic E-state index is 0.0493. The molecule has 0 bridgehead atoms. The van der Waals surface area contributed by atoms with Crippen molar-refractivity contribution < 1.29 is 4.79 Å². The van der Waals surface area contributed by atoms with E-state index in [1.165, 1.54) is 11.3 Å². The predicted molar refractivity (Wildman–Crippen MR) is 112 cm³/mol. The summed E-state index contributed by atoms with van der Waals surface area (Å²) >= 11 is 1.22. The molecular weight excluding hydrogens is 372 g/mol. The van der Waals surface area contributed by atoms with Gasteiger partial charge in [-0.2, -0.15) is 0 Å². The van der Waals surface area contributed by atoms with Crippen molar-refractivity contribution in [3.05, 3.63) is 62.5 Å². The van der Waals surface area contributed by atoms with Crippen LogP contribution in [0.1, 0.15) is 45.5 Å². The molecule has 28 heavy (non-hydrogen) atoms. The number of carbonyl (C=O) groups excluding carboxylic acids is 1. The number of aromatic nitrogens is 2. The number of hydrogen-bond acceptors (Lipinski definition) is 5. The van der Waals surface area contributed by atoms with Crippen LogP contribution in [0.25, 0.3) is 10.2 Å². The van der Waals surface area contributed by atoms with Crippen LogP contribution >= 0.6 is 11.3 Å². The molecule has 1 saturated heterocycles. The van der Waals surface area contributed by atoms with Crippen molar-refractivity contribution >= 4 is 27.5 Å². The van der Waals surface area contributed by atoms with Crippen LogP contribution in [0.2, 0.25) is 0 Å². The molecule has 2 N–H and O–H groups in total. The molecule has 0 spiro atoms. The Bertz CT molecular complexity index is 1080. The van der Waals surface area contributed by atoms with Gasteiger partial charge < -0.3 is 10.6 Å². The number of rotatable bonds is 4. The zero-order chi connectivity index (χ0) is 19.8. The topological polar surface area (TPSA) is 81.2 Å². The largest absolute Gasteiger partial charge is 0.365 e. The van der Waals surface area contributed by atoms with Crippen molar-refractivity contribution in [2.75, 3.05) is 20.1 Å². The van der Waals surface area contributed by atoms with Gasteiger partial charge in [0.05, 0.1) is 10.3 Å². The maximum Gasteiger partial charge on any atom is 0.262 e. The predicted octanol–water partition coefficient (Wildman–Crippen LogP) is 2.72. The summed E-state index contributed by atoms with van der Waals surface area (Å²) in [5, 5.41) is 0.537. The second-order valence-corrected chi connectivity index (χ2v) is 8.50. The van der Waals surface area contributed by atoms with E-state index in [0.717, 1.165) is 37.3 Å². The fourth-order valence-electron chi connectivity index (χ4n) is 4.01. The zero-order valence-electron chi connectivity index (χ0n) is 16.1. The van der Waals surface area contributed by atoms with Crippen LogP contribution in [0.3, 0.4) is 0 Å². The summed E-state index contributed by atoms with van der Waals surface area (Å²) in [6.45, 7) is 3.70. The van der Waals surface area contributed by atoms with E-state index in [-0.39, 0.29) is 11.6 Å². The molecule has 1 amide bonds. The number of piperidine rings is 1. The van der Waals surface area contributed by atoms with Gasteiger partial charge in [-0.25, -0.2) is 4.98 Å². The number of thiophene rings is 1. The smallest absolute Gasteiger partial charge is 0.262 e. The number of primary amides is 1. The molecule has 1 aromatic carbocycles. The van der Waals surface area contributed by atoms with E-state index in [4.69, 9.17) is 10.7 Å². The SMILES string of the molecule is Cc1c(C(N)=O)sc2nc(Cc3ccccc3)n(C3CCN(C)CC3)c(=O)c12. The highest BCUT2D eigenvalue weighted by molar-refractivity contribution is 7.20. The van der Waals surface area contributed by atoms with E-state index >= 15 is 0 Å². The lowest BCUT2D eigenvalue weighted by atomic mass is 10.0. The van der Waals surface area contributed by atoms with Gasteiger partial charge >= 0.3 is 0 Å². The third kappa shape index (κ3) is 3.36. The minimum Gasteiger partial charge on any atom is -0.365 e. The summed E-state index contributed by atoms with van der Waals surface area (Å²) in [6.07, 6.45) is 2.41. The molecule has 1 aliphatic heterocycles. The van der Waals surface area contributed by atoms with Gasteiger partial charge in [0.25, 0.3) is 11.5 Å². The summed E-state index contributed by atoms with van der Waals surface area (Å²) in [4.78, 5) is 33.5. The van der Waals surface area contributed by atoms with Crippen molar-refractivity contribution in [2.24, 2.45) is 5.73 Å². The van der Waals surface area contributed by atoms with Crippen LogP contribution in [-0.4, -0.2) is 40.5 Å². The average molecular weight is 397 g/mol. The standard InChI is InChI=1S/C21H24N4O2S/c1-13-17-20(28-18(13)19(22)26)23-16(12-14-6-4-3-5-7-14)25(21(17)27)15-8-10-24(2)11-9-15/h3-7,15H,8-12H2,1-2H3,(H2,22,26). The molecule has 1 aliphatic rings. The van der Waals surface area contributed by atoms with E-state index in [2.05, 4.69) is 11.9 Å². The molecule has 0 atom stereocenters. The Morgan fingerprint density at radius 3 is 2.57 bits per heavy atom. The second kappa shape index (κ2) is 7.48. The number of hydrogen-bond donors (Lipinski definition) is 1. The summed E-state index contributed by atoms with van der Waals surface area (Å²) in [6, 6.07) is 10.2. The number of nitrogens with two attached hydrogens (primary N) is 1. The molecule has 2 aromatic heterocycles. The maximum absolute atomic E-state index is 13.5. The normalized spacial score (nSPS) is 15.9. The number of aryl methyl sites for hydroxylation is 1. The van der Waals surface area contributed by atoms with Crippen LogP contribution in [0.5, 0.6) is 0 Å². The van der Waals surface area contributed by atoms with Crippen molar-refractivity contribution in [3.63, 3.8) is 0 Å². The van der Waals surface area contributed by atoms with Gasteiger partial charge in [0, 0.05) is 12.5 Å². The van der Waals surface area contributed by atoms with E-state index < -0.39 is 5.91 Å². The Morgan fingerprint density at radius 1 is 1.25 bits per heavy atom. The number of likely N-dealkylation sites (tertiary alicyclic amines) is 1. The summed E-state index contributed by atoms with van der Waals surface area (Å²) in [5.41, 5.74) is 7.23. The van der Waals surface area contributed by atoms with Gasteiger partial charge in [0.1, 0.15) is 10.7 Å². The molecule has 1 fully saturated rings. The highest BCUT2D eigenvalue weighted by Gasteiger charge is 2.26. The maximum atomic E-state index is 13.5. The zero-order valence-corrected chi connectivity index (χ0v) is 17.0. The van der Waals surface area contributed by atoms with E-state index in [0.29, 0.717) is 27.1 Å². The van der Waals surface area contributed by atoms with E-state index in [1.54, 1.807) is 6.92 Å². The van der Waals surface area contributed by atoms with Gasteiger partial charge in [-0.05, 0) is 51.0 Å². The van der Waals surface area contributed by atoms with Gasteiger partial charge in [-0.3, -0.25) is 14.2 Å². The number of nitrogens with zero attached hydrogens (tertiary/aromatic N) is 3. The van der Waals surface area contributed by atoms with Crippen molar-refractivity contribution in [3.8, 4) is 0 Å². The Hall–Kier alpha value is -2.51. The van der Waals surface area contributed by atoms with Crippen molar-refractivity contribution in [1.82, 2.24) is 14.5 Å². The molecule has 0 unspecified atom stereocenters. The van der Waals surface area contributed by atoms with Crippen LogP contribution in [0.15, 0.2) is 35.1 Å². The lowest BCUT2D eigenvalue weighted by Crippen LogP contribution is -2.37. The first-order valence-corrected chi connectivity index (χ1v) is 10.3. The highest BCUT2D eigenvalue weighted by atomic mass is 32.1. The summed E-state index contributed by atoms with van der Waals surface area (Å²) < 4.78 is 1.88. The molecule has 4 rings (SSSR count). The van der Waals surface area contributed by atoms with Crippen LogP contribution < -0.4 is 11.3 Å². The first-order chi connectivity index (χ1) is 13.5. The highest BCUT2D eigenvalue weighted by Crippen LogP contribution is 2.30. The fraction of sp³-hybridized carbons (Fsp3) is 0.381. The molecule has 6 nitrogen and oxygen atoms in total. The van der Waals surface area contributed by atoms with Crippen LogP contribution in [0, 0.1) is 6.92 Å². The molecule has 3 aromatic rings. The Morgan fingerprint density at radius 2 is 1.93 bits per heavy atom. The first kappa shape index (κ1) is 18.8. The Labute approximate surface area is 167 Å². The van der Waals surface area contributed by atoms with E-state index in [1.807, 2.05) is 34.9 Å². The lowest BCUT2D eigenvalue weighted by Gasteiger charge is -2.31. The molecule has 0 aliphatic carbocycles. The number of fused-ring (bicyclic) bond motifs is 1. The second-order valence-electron chi connectivity index (χ2n) is 7.50. The van der Waals surface area contributed by atoms with Gasteiger partial charge in [-0.1, -0.05) is 30.3 Å². The third-order valence-corrected chi connectivity index (χ3v) is 6.75. The van der Waals surface area contributed by atoms with Gasteiger partial charge in [0.15, 0.2) is 0 Å². The number of amides is 1. The summed E-state index contributed by atoms with van der Waals surface area (Å²) in [7, 11) is 2.10. The van der Waals surface area contributed by atoms with Crippen LogP contribution in [0.4, 0.5) is 0 Å².